The van der Waals surface area contributed by atoms with Gasteiger partial charge in [0.15, 0.2) is 0 Å². The van der Waals surface area contributed by atoms with Crippen molar-refractivity contribution in [1.82, 2.24) is 4.98 Å². The highest BCUT2D eigenvalue weighted by Crippen LogP contribution is 2.27. The SMILES string of the molecule is CNc1ccc(NC2=NCC(C)O2)cc1C(N)=Nc1ccc(OCc2nccs2)c(C)c1. The number of rotatable bonds is 7. The van der Waals surface area contributed by atoms with E-state index in [-0.39, 0.29) is 6.10 Å². The fourth-order valence-corrected chi connectivity index (χ4v) is 3.78. The number of thiazole rings is 1. The number of benzene rings is 2. The van der Waals surface area contributed by atoms with Gasteiger partial charge in [-0.25, -0.2) is 15.0 Å². The first-order valence-corrected chi connectivity index (χ1v) is 11.2. The molecule has 0 spiro atoms. The molecular formula is C23H26N6O2S. The van der Waals surface area contributed by atoms with Gasteiger partial charge in [-0.15, -0.1) is 11.3 Å². The molecule has 1 aliphatic rings. The number of amidine groups is 2. The number of anilines is 2. The summed E-state index contributed by atoms with van der Waals surface area (Å²) in [4.78, 5) is 13.2. The molecule has 2 aromatic carbocycles. The fraction of sp³-hybridized carbons (Fsp3) is 0.261. The van der Waals surface area contributed by atoms with Crippen molar-refractivity contribution in [1.29, 1.82) is 0 Å². The van der Waals surface area contributed by atoms with E-state index in [1.165, 1.54) is 0 Å². The Balaban J connectivity index is 1.52. The van der Waals surface area contributed by atoms with Gasteiger partial charge in [0.1, 0.15) is 29.3 Å². The maximum absolute atomic E-state index is 6.40. The predicted molar refractivity (Wildman–Crippen MR) is 130 cm³/mol. The Morgan fingerprint density at radius 3 is 2.88 bits per heavy atom. The molecule has 2 heterocycles. The van der Waals surface area contributed by atoms with E-state index in [0.29, 0.717) is 25.0 Å². The topological polar surface area (TPSA) is 106 Å². The average molecular weight is 451 g/mol. The molecule has 4 rings (SSSR count). The first kappa shape index (κ1) is 21.6. The molecule has 9 heteroatoms. The van der Waals surface area contributed by atoms with E-state index in [0.717, 1.165) is 38.9 Å². The quantitative estimate of drug-likeness (QED) is 0.366. The molecule has 1 unspecified atom stereocenters. The summed E-state index contributed by atoms with van der Waals surface area (Å²) in [6, 6.07) is 12.1. The zero-order chi connectivity index (χ0) is 22.5. The van der Waals surface area contributed by atoms with Crippen molar-refractivity contribution in [2.24, 2.45) is 15.7 Å². The van der Waals surface area contributed by atoms with Crippen LogP contribution in [0.15, 0.2) is 58.0 Å². The lowest BCUT2D eigenvalue weighted by atomic mass is 10.1. The molecule has 1 atom stereocenters. The number of hydrogen-bond donors (Lipinski definition) is 3. The van der Waals surface area contributed by atoms with E-state index in [4.69, 9.17) is 15.2 Å². The van der Waals surface area contributed by atoms with Gasteiger partial charge in [-0.05, 0) is 55.8 Å². The number of nitrogens with two attached hydrogens (primary N) is 1. The van der Waals surface area contributed by atoms with Crippen LogP contribution < -0.4 is 21.1 Å². The second kappa shape index (κ2) is 9.69. The summed E-state index contributed by atoms with van der Waals surface area (Å²) in [5.41, 5.74) is 10.6. The number of aliphatic imine (C=N–C) groups is 2. The molecule has 8 nitrogen and oxygen atoms in total. The van der Waals surface area contributed by atoms with Gasteiger partial charge in [0.05, 0.1) is 12.2 Å². The number of aromatic nitrogens is 1. The molecule has 3 aromatic rings. The van der Waals surface area contributed by atoms with E-state index in [1.807, 2.05) is 62.7 Å². The Morgan fingerprint density at radius 2 is 2.19 bits per heavy atom. The normalized spacial score (nSPS) is 15.8. The van der Waals surface area contributed by atoms with Crippen LogP contribution in [0.1, 0.15) is 23.1 Å². The largest absolute Gasteiger partial charge is 0.486 e. The number of hydrogen-bond acceptors (Lipinski definition) is 8. The zero-order valence-electron chi connectivity index (χ0n) is 18.3. The molecular weight excluding hydrogens is 424 g/mol. The standard InChI is InChI=1S/C23H26N6O2S/c1-14-10-16(5-7-20(14)30-13-21-26-8-9-32-21)28-22(24)18-11-17(4-6-19(18)25-3)29-23-27-12-15(2)31-23/h4-11,15,25H,12-13H2,1-3H3,(H2,24,28)(H,27,29). The van der Waals surface area contributed by atoms with Crippen LogP contribution in [-0.2, 0) is 11.3 Å². The molecule has 0 bridgehead atoms. The van der Waals surface area contributed by atoms with Crippen molar-refractivity contribution >= 4 is 40.3 Å². The zero-order valence-corrected chi connectivity index (χ0v) is 19.1. The summed E-state index contributed by atoms with van der Waals surface area (Å²) in [6.45, 7) is 5.06. The van der Waals surface area contributed by atoms with E-state index in [9.17, 15) is 0 Å². The van der Waals surface area contributed by atoms with Gasteiger partial charge in [-0.1, -0.05) is 0 Å². The first-order valence-electron chi connectivity index (χ1n) is 10.3. The van der Waals surface area contributed by atoms with Crippen LogP contribution in [0.3, 0.4) is 0 Å². The van der Waals surface area contributed by atoms with Gasteiger partial charge >= 0.3 is 0 Å². The fourth-order valence-electron chi connectivity index (χ4n) is 3.25. The third kappa shape index (κ3) is 5.17. The summed E-state index contributed by atoms with van der Waals surface area (Å²) < 4.78 is 11.5. The van der Waals surface area contributed by atoms with E-state index in [1.54, 1.807) is 17.5 Å². The van der Waals surface area contributed by atoms with E-state index < -0.39 is 0 Å². The van der Waals surface area contributed by atoms with Gasteiger partial charge in [-0.3, -0.25) is 0 Å². The van der Waals surface area contributed by atoms with Crippen molar-refractivity contribution in [2.75, 3.05) is 24.2 Å². The maximum atomic E-state index is 6.40. The van der Waals surface area contributed by atoms with Crippen molar-refractivity contribution in [3.8, 4) is 5.75 Å². The van der Waals surface area contributed by atoms with Gasteiger partial charge < -0.3 is 25.8 Å². The minimum atomic E-state index is 0.0805. The minimum absolute atomic E-state index is 0.0805. The number of ether oxygens (including phenoxy) is 2. The molecule has 0 aliphatic carbocycles. The van der Waals surface area contributed by atoms with Crippen molar-refractivity contribution in [2.45, 2.75) is 26.6 Å². The second-order valence-electron chi connectivity index (χ2n) is 7.37. The summed E-state index contributed by atoms with van der Waals surface area (Å²) in [5.74, 6) is 1.20. The highest BCUT2D eigenvalue weighted by molar-refractivity contribution is 7.09. The summed E-state index contributed by atoms with van der Waals surface area (Å²) in [5, 5.41) is 9.23. The summed E-state index contributed by atoms with van der Waals surface area (Å²) in [6.07, 6.45) is 1.85. The summed E-state index contributed by atoms with van der Waals surface area (Å²) in [7, 11) is 1.85. The Labute approximate surface area is 191 Å². The smallest absolute Gasteiger partial charge is 0.289 e. The van der Waals surface area contributed by atoms with Gasteiger partial charge in [-0.2, -0.15) is 0 Å². The van der Waals surface area contributed by atoms with E-state index in [2.05, 4.69) is 25.6 Å². The number of nitrogens with zero attached hydrogens (tertiary/aromatic N) is 3. The Morgan fingerprint density at radius 1 is 1.31 bits per heavy atom. The van der Waals surface area contributed by atoms with Crippen molar-refractivity contribution < 1.29 is 9.47 Å². The third-order valence-corrected chi connectivity index (χ3v) is 5.62. The highest BCUT2D eigenvalue weighted by Gasteiger charge is 2.16. The van der Waals surface area contributed by atoms with E-state index >= 15 is 0 Å². The van der Waals surface area contributed by atoms with Crippen molar-refractivity contribution in [3.05, 3.63) is 64.1 Å². The molecule has 0 radical (unpaired) electrons. The highest BCUT2D eigenvalue weighted by atomic mass is 32.1. The molecule has 1 aliphatic heterocycles. The lowest BCUT2D eigenvalue weighted by molar-refractivity contribution is 0.245. The van der Waals surface area contributed by atoms with Gasteiger partial charge in [0.25, 0.3) is 6.02 Å². The van der Waals surface area contributed by atoms with Crippen LogP contribution in [0, 0.1) is 6.92 Å². The van der Waals surface area contributed by atoms with Crippen molar-refractivity contribution in [3.63, 3.8) is 0 Å². The van der Waals surface area contributed by atoms with Crippen LogP contribution in [0.4, 0.5) is 17.1 Å². The molecule has 4 N–H and O–H groups in total. The predicted octanol–water partition coefficient (Wildman–Crippen LogP) is 4.30. The number of nitrogens with one attached hydrogen (secondary N) is 2. The number of aryl methyl sites for hydroxylation is 1. The second-order valence-corrected chi connectivity index (χ2v) is 8.35. The lowest BCUT2D eigenvalue weighted by Gasteiger charge is -2.13. The Kier molecular flexibility index (Phi) is 6.55. The summed E-state index contributed by atoms with van der Waals surface area (Å²) >= 11 is 1.57. The molecule has 0 fully saturated rings. The lowest BCUT2D eigenvalue weighted by Crippen LogP contribution is -2.18. The first-order chi connectivity index (χ1) is 15.5. The van der Waals surface area contributed by atoms with Gasteiger partial charge in [0.2, 0.25) is 0 Å². The molecule has 0 saturated heterocycles. The van der Waals surface area contributed by atoms with Crippen LogP contribution >= 0.6 is 11.3 Å². The Bertz CT molecular complexity index is 1140. The Hall–Kier alpha value is -3.59. The van der Waals surface area contributed by atoms with Crippen LogP contribution in [0.2, 0.25) is 0 Å². The van der Waals surface area contributed by atoms with Crippen LogP contribution in [-0.4, -0.2) is 36.5 Å². The monoisotopic (exact) mass is 450 g/mol. The van der Waals surface area contributed by atoms with Gasteiger partial charge in [0, 0.05) is 35.6 Å². The van der Waals surface area contributed by atoms with Crippen LogP contribution in [0.5, 0.6) is 5.75 Å². The minimum Gasteiger partial charge on any atom is -0.486 e. The average Bonchev–Trinajstić information content (AvgIpc) is 3.45. The molecule has 166 valence electrons. The molecule has 1 aromatic heterocycles. The molecule has 0 saturated carbocycles. The maximum Gasteiger partial charge on any atom is 0.289 e. The third-order valence-electron chi connectivity index (χ3n) is 4.86. The molecule has 32 heavy (non-hydrogen) atoms. The molecule has 0 amide bonds. The van der Waals surface area contributed by atoms with Crippen LogP contribution in [0.25, 0.3) is 0 Å².